The predicted molar refractivity (Wildman–Crippen MR) is 73.1 cm³/mol. The van der Waals surface area contributed by atoms with Gasteiger partial charge in [0.15, 0.2) is 0 Å². The zero-order valence-electron chi connectivity index (χ0n) is 11.7. The van der Waals surface area contributed by atoms with Crippen LogP contribution in [-0.4, -0.2) is 43.0 Å². The van der Waals surface area contributed by atoms with Crippen LogP contribution in [0.5, 0.6) is 0 Å². The standard InChI is InChI=1S/C14H24N4O/c1-18-7-4-11(9-18)8-17-13(19)12-2-5-14(16,10-15)6-3-12/h11-12H,2-9,16H2,1H3,(H,17,19). The van der Waals surface area contributed by atoms with E-state index >= 15 is 0 Å². The zero-order chi connectivity index (χ0) is 13.9. The van der Waals surface area contributed by atoms with Crippen LogP contribution in [0, 0.1) is 23.2 Å². The molecule has 1 amide bonds. The monoisotopic (exact) mass is 264 g/mol. The molecule has 2 rings (SSSR count). The third-order valence-corrected chi connectivity index (χ3v) is 4.53. The second kappa shape index (κ2) is 5.89. The second-order valence-corrected chi connectivity index (χ2v) is 6.20. The molecule has 3 N–H and O–H groups in total. The lowest BCUT2D eigenvalue weighted by Gasteiger charge is -2.31. The molecular weight excluding hydrogens is 240 g/mol. The minimum Gasteiger partial charge on any atom is -0.356 e. The van der Waals surface area contributed by atoms with Crippen LogP contribution in [-0.2, 0) is 4.79 Å². The van der Waals surface area contributed by atoms with Crippen LogP contribution < -0.4 is 11.1 Å². The Labute approximate surface area is 115 Å². The van der Waals surface area contributed by atoms with Crippen LogP contribution in [0.2, 0.25) is 0 Å². The Hall–Kier alpha value is -1.12. The first-order valence-electron chi connectivity index (χ1n) is 7.19. The van der Waals surface area contributed by atoms with E-state index in [1.165, 1.54) is 6.42 Å². The van der Waals surface area contributed by atoms with Crippen molar-refractivity contribution >= 4 is 5.91 Å². The third kappa shape index (κ3) is 3.68. The Kier molecular flexibility index (Phi) is 4.43. The van der Waals surface area contributed by atoms with E-state index in [4.69, 9.17) is 11.0 Å². The average molecular weight is 264 g/mol. The Morgan fingerprint density at radius 1 is 1.47 bits per heavy atom. The van der Waals surface area contributed by atoms with Crippen LogP contribution in [0.3, 0.4) is 0 Å². The summed E-state index contributed by atoms with van der Waals surface area (Å²) in [7, 11) is 2.12. The summed E-state index contributed by atoms with van der Waals surface area (Å²) in [5, 5.41) is 12.0. The summed E-state index contributed by atoms with van der Waals surface area (Å²) in [6, 6.07) is 2.16. The van der Waals surface area contributed by atoms with Crippen LogP contribution in [0.25, 0.3) is 0 Å². The number of nitrogens with one attached hydrogen (secondary N) is 1. The minimum absolute atomic E-state index is 0.0455. The largest absolute Gasteiger partial charge is 0.356 e. The summed E-state index contributed by atoms with van der Waals surface area (Å²) in [4.78, 5) is 14.4. The van der Waals surface area contributed by atoms with E-state index in [0.29, 0.717) is 18.8 Å². The first kappa shape index (κ1) is 14.3. The lowest BCUT2D eigenvalue weighted by molar-refractivity contribution is -0.126. The molecule has 0 spiro atoms. The SMILES string of the molecule is CN1CCC(CNC(=O)C2CCC(N)(C#N)CC2)C1. The number of likely N-dealkylation sites (tertiary alicyclic amines) is 1. The fraction of sp³-hybridized carbons (Fsp3) is 0.857. The van der Waals surface area contributed by atoms with Gasteiger partial charge in [-0.15, -0.1) is 0 Å². The molecular formula is C14H24N4O. The molecule has 0 aromatic rings. The molecule has 1 saturated carbocycles. The number of amides is 1. The molecule has 5 nitrogen and oxygen atoms in total. The van der Waals surface area contributed by atoms with Gasteiger partial charge in [-0.2, -0.15) is 5.26 Å². The average Bonchev–Trinajstić information content (AvgIpc) is 2.83. The number of nitrogens with zero attached hydrogens (tertiary/aromatic N) is 2. The normalized spacial score (nSPS) is 35.8. The highest BCUT2D eigenvalue weighted by molar-refractivity contribution is 5.78. The first-order valence-corrected chi connectivity index (χ1v) is 7.19. The molecule has 1 heterocycles. The van der Waals surface area contributed by atoms with Gasteiger partial charge in [0.05, 0.1) is 6.07 Å². The molecule has 0 aromatic carbocycles. The van der Waals surface area contributed by atoms with Crippen LogP contribution >= 0.6 is 0 Å². The molecule has 1 atom stereocenters. The van der Waals surface area contributed by atoms with E-state index in [1.54, 1.807) is 0 Å². The molecule has 1 aliphatic carbocycles. The van der Waals surface area contributed by atoms with Gasteiger partial charge >= 0.3 is 0 Å². The lowest BCUT2D eigenvalue weighted by Crippen LogP contribution is -2.45. The van der Waals surface area contributed by atoms with Crippen molar-refractivity contribution in [3.63, 3.8) is 0 Å². The maximum atomic E-state index is 12.1. The van der Waals surface area contributed by atoms with Crippen LogP contribution in [0.4, 0.5) is 0 Å². The maximum absolute atomic E-state index is 12.1. The van der Waals surface area contributed by atoms with Gasteiger partial charge in [0.25, 0.3) is 0 Å². The molecule has 1 unspecified atom stereocenters. The molecule has 1 aliphatic heterocycles. The van der Waals surface area contributed by atoms with Crippen LogP contribution in [0.1, 0.15) is 32.1 Å². The van der Waals surface area contributed by atoms with Gasteiger partial charge in [-0.05, 0) is 51.6 Å². The summed E-state index contributed by atoms with van der Waals surface area (Å²) in [6.45, 7) is 2.98. The highest BCUT2D eigenvalue weighted by atomic mass is 16.1. The zero-order valence-corrected chi connectivity index (χ0v) is 11.7. The predicted octanol–water partition coefficient (Wildman–Crippen LogP) is 0.466. The van der Waals surface area contributed by atoms with Gasteiger partial charge in [-0.25, -0.2) is 0 Å². The number of carbonyl (C=O) groups excluding carboxylic acids is 1. The summed E-state index contributed by atoms with van der Waals surface area (Å²) in [5.41, 5.74) is 5.21. The lowest BCUT2D eigenvalue weighted by atomic mass is 9.77. The number of nitriles is 1. The molecule has 106 valence electrons. The summed E-state index contributed by atoms with van der Waals surface area (Å²) in [6.07, 6.45) is 3.91. The van der Waals surface area contributed by atoms with Crippen molar-refractivity contribution < 1.29 is 4.79 Å². The number of hydrogen-bond acceptors (Lipinski definition) is 4. The third-order valence-electron chi connectivity index (χ3n) is 4.53. The van der Waals surface area contributed by atoms with Crippen molar-refractivity contribution in [2.24, 2.45) is 17.6 Å². The fourth-order valence-electron chi connectivity index (χ4n) is 3.09. The molecule has 19 heavy (non-hydrogen) atoms. The summed E-state index contributed by atoms with van der Waals surface area (Å²) < 4.78 is 0. The van der Waals surface area contributed by atoms with Crippen molar-refractivity contribution in [1.82, 2.24) is 10.2 Å². The van der Waals surface area contributed by atoms with Crippen molar-refractivity contribution in [2.45, 2.75) is 37.6 Å². The van der Waals surface area contributed by atoms with E-state index in [1.807, 2.05) is 0 Å². The molecule has 2 fully saturated rings. The van der Waals surface area contributed by atoms with Gasteiger partial charge in [0.2, 0.25) is 5.91 Å². The Morgan fingerprint density at radius 2 is 2.16 bits per heavy atom. The van der Waals surface area contributed by atoms with E-state index < -0.39 is 5.54 Å². The van der Waals surface area contributed by atoms with E-state index in [9.17, 15) is 4.79 Å². The first-order chi connectivity index (χ1) is 9.02. The minimum atomic E-state index is -0.703. The summed E-state index contributed by atoms with van der Waals surface area (Å²) >= 11 is 0. The Morgan fingerprint density at radius 3 is 2.68 bits per heavy atom. The smallest absolute Gasteiger partial charge is 0.223 e. The maximum Gasteiger partial charge on any atom is 0.223 e. The number of carbonyl (C=O) groups is 1. The molecule has 0 bridgehead atoms. The van der Waals surface area contributed by atoms with Crippen molar-refractivity contribution in [3.8, 4) is 6.07 Å². The van der Waals surface area contributed by atoms with Gasteiger partial charge in [0.1, 0.15) is 5.54 Å². The van der Waals surface area contributed by atoms with Gasteiger partial charge in [-0.3, -0.25) is 4.79 Å². The molecule has 0 aromatic heterocycles. The van der Waals surface area contributed by atoms with Crippen LogP contribution in [0.15, 0.2) is 0 Å². The van der Waals surface area contributed by atoms with E-state index in [-0.39, 0.29) is 11.8 Å². The molecule has 5 heteroatoms. The molecule has 2 aliphatic rings. The molecule has 1 saturated heterocycles. The number of rotatable bonds is 3. The van der Waals surface area contributed by atoms with Gasteiger partial charge in [-0.1, -0.05) is 0 Å². The Balaban J connectivity index is 1.71. The number of nitrogens with two attached hydrogens (primary N) is 1. The fourth-order valence-corrected chi connectivity index (χ4v) is 3.09. The highest BCUT2D eigenvalue weighted by Gasteiger charge is 2.34. The Bertz CT molecular complexity index is 368. The quantitative estimate of drug-likeness (QED) is 0.776. The highest BCUT2D eigenvalue weighted by Crippen LogP contribution is 2.30. The van der Waals surface area contributed by atoms with Crippen molar-refractivity contribution in [2.75, 3.05) is 26.7 Å². The van der Waals surface area contributed by atoms with Crippen molar-refractivity contribution in [3.05, 3.63) is 0 Å². The van der Waals surface area contributed by atoms with Gasteiger partial charge in [0, 0.05) is 19.0 Å². The second-order valence-electron chi connectivity index (χ2n) is 6.20. The van der Waals surface area contributed by atoms with E-state index in [0.717, 1.165) is 32.5 Å². The molecule has 0 radical (unpaired) electrons. The summed E-state index contributed by atoms with van der Waals surface area (Å²) in [5.74, 6) is 0.781. The van der Waals surface area contributed by atoms with Gasteiger partial charge < -0.3 is 16.0 Å². The van der Waals surface area contributed by atoms with Crippen molar-refractivity contribution in [1.29, 1.82) is 5.26 Å². The topological polar surface area (TPSA) is 82.2 Å². The number of hydrogen-bond donors (Lipinski definition) is 2. The van der Waals surface area contributed by atoms with E-state index in [2.05, 4.69) is 23.3 Å².